The van der Waals surface area contributed by atoms with Gasteiger partial charge in [-0.15, -0.1) is 0 Å². The Morgan fingerprint density at radius 2 is 1.95 bits per heavy atom. The largest absolute Gasteiger partial charge is 0.478 e. The van der Waals surface area contributed by atoms with Crippen molar-refractivity contribution in [2.75, 3.05) is 6.54 Å². The van der Waals surface area contributed by atoms with Gasteiger partial charge in [0.25, 0.3) is 0 Å². The second-order valence-electron chi connectivity index (χ2n) is 4.21. The summed E-state index contributed by atoms with van der Waals surface area (Å²) < 4.78 is 0. The molecule has 2 rings (SSSR count). The minimum absolute atomic E-state index is 0.354. The van der Waals surface area contributed by atoms with E-state index in [-0.39, 0.29) is 0 Å². The van der Waals surface area contributed by atoms with Crippen molar-refractivity contribution < 1.29 is 9.90 Å². The number of nitrogens with zero attached hydrogens (tertiary/aromatic N) is 1. The number of carbonyl (C=O) groups is 1. The molecule has 0 atom stereocenters. The second kappa shape index (κ2) is 6.66. The lowest BCUT2D eigenvalue weighted by Crippen LogP contribution is -2.18. The lowest BCUT2D eigenvalue weighted by Gasteiger charge is -2.07. The third-order valence-corrected chi connectivity index (χ3v) is 2.85. The highest BCUT2D eigenvalue weighted by molar-refractivity contribution is 5.89. The predicted octanol–water partition coefficient (Wildman–Crippen LogP) is 2.11. The highest BCUT2D eigenvalue weighted by Crippen LogP contribution is 2.08. The maximum absolute atomic E-state index is 11.0. The first-order valence-corrected chi connectivity index (χ1v) is 6.19. The topological polar surface area (TPSA) is 62.2 Å². The highest BCUT2D eigenvalue weighted by Gasteiger charge is 2.07. The minimum Gasteiger partial charge on any atom is -0.478 e. The molecule has 0 radical (unpaired) electrons. The molecule has 0 fully saturated rings. The summed E-state index contributed by atoms with van der Waals surface area (Å²) in [6.45, 7) is 1.32. The van der Waals surface area contributed by atoms with Gasteiger partial charge in [0, 0.05) is 31.4 Å². The van der Waals surface area contributed by atoms with E-state index in [4.69, 9.17) is 5.11 Å². The smallest absolute Gasteiger partial charge is 0.336 e. The molecule has 2 N–H and O–H groups in total. The lowest BCUT2D eigenvalue weighted by atomic mass is 10.1. The Hall–Kier alpha value is -2.20. The van der Waals surface area contributed by atoms with Crippen LogP contribution in [0.3, 0.4) is 0 Å². The molecule has 98 valence electrons. The normalized spacial score (nSPS) is 10.3. The lowest BCUT2D eigenvalue weighted by molar-refractivity contribution is 0.0695. The number of benzene rings is 1. The van der Waals surface area contributed by atoms with Gasteiger partial charge < -0.3 is 10.4 Å². The Balaban J connectivity index is 1.85. The van der Waals surface area contributed by atoms with Crippen LogP contribution in [0.5, 0.6) is 0 Å². The third-order valence-electron chi connectivity index (χ3n) is 2.85. The van der Waals surface area contributed by atoms with E-state index >= 15 is 0 Å². The summed E-state index contributed by atoms with van der Waals surface area (Å²) >= 11 is 0. The van der Waals surface area contributed by atoms with Crippen LogP contribution < -0.4 is 5.32 Å². The van der Waals surface area contributed by atoms with Crippen LogP contribution in [0.15, 0.2) is 48.7 Å². The molecule has 1 aromatic heterocycles. The summed E-state index contributed by atoms with van der Waals surface area (Å²) in [5, 5.41) is 12.3. The molecule has 0 amide bonds. The molecule has 0 unspecified atom stereocenters. The van der Waals surface area contributed by atoms with Crippen molar-refractivity contribution in [1.29, 1.82) is 0 Å². The standard InChI is InChI=1S/C15H16N2O2/c18-15(19)14-7-2-1-5-12(14)11-16-10-8-13-6-3-4-9-17-13/h1-7,9,16H,8,10-11H2,(H,18,19). The maximum Gasteiger partial charge on any atom is 0.336 e. The Bertz CT molecular complexity index is 541. The van der Waals surface area contributed by atoms with Gasteiger partial charge in [0.2, 0.25) is 0 Å². The van der Waals surface area contributed by atoms with Crippen molar-refractivity contribution in [3.8, 4) is 0 Å². The van der Waals surface area contributed by atoms with Crippen LogP contribution in [-0.2, 0) is 13.0 Å². The van der Waals surface area contributed by atoms with Crippen molar-refractivity contribution in [2.45, 2.75) is 13.0 Å². The number of aromatic carboxylic acids is 1. The molecular weight excluding hydrogens is 240 g/mol. The number of nitrogens with one attached hydrogen (secondary N) is 1. The Morgan fingerprint density at radius 3 is 2.68 bits per heavy atom. The Labute approximate surface area is 112 Å². The predicted molar refractivity (Wildman–Crippen MR) is 73.0 cm³/mol. The van der Waals surface area contributed by atoms with E-state index in [1.807, 2.05) is 30.3 Å². The minimum atomic E-state index is -0.887. The number of rotatable bonds is 6. The van der Waals surface area contributed by atoms with Gasteiger partial charge in [-0.25, -0.2) is 4.79 Å². The second-order valence-corrected chi connectivity index (χ2v) is 4.21. The van der Waals surface area contributed by atoms with E-state index in [9.17, 15) is 4.79 Å². The highest BCUT2D eigenvalue weighted by atomic mass is 16.4. The van der Waals surface area contributed by atoms with Crippen molar-refractivity contribution in [3.05, 3.63) is 65.5 Å². The SMILES string of the molecule is O=C(O)c1ccccc1CNCCc1ccccn1. The van der Waals surface area contributed by atoms with E-state index in [1.54, 1.807) is 18.3 Å². The average molecular weight is 256 g/mol. The zero-order valence-electron chi connectivity index (χ0n) is 10.5. The molecular formula is C15H16N2O2. The molecule has 0 saturated heterocycles. The zero-order valence-corrected chi connectivity index (χ0v) is 10.5. The van der Waals surface area contributed by atoms with Crippen LogP contribution in [0, 0.1) is 0 Å². The molecule has 0 aliphatic rings. The fourth-order valence-electron chi connectivity index (χ4n) is 1.87. The molecule has 4 heteroatoms. The summed E-state index contributed by atoms with van der Waals surface area (Å²) in [5.41, 5.74) is 2.19. The van der Waals surface area contributed by atoms with E-state index in [2.05, 4.69) is 10.3 Å². The number of carboxylic acids is 1. The molecule has 0 aliphatic carbocycles. The van der Waals surface area contributed by atoms with Gasteiger partial charge in [0.15, 0.2) is 0 Å². The molecule has 2 aromatic rings. The molecule has 0 saturated carbocycles. The molecule has 0 aliphatic heterocycles. The quantitative estimate of drug-likeness (QED) is 0.777. The molecule has 1 aromatic carbocycles. The van der Waals surface area contributed by atoms with Gasteiger partial charge in [0.1, 0.15) is 0 Å². The number of hydrogen-bond acceptors (Lipinski definition) is 3. The van der Waals surface area contributed by atoms with Gasteiger partial charge in [-0.3, -0.25) is 4.98 Å². The zero-order chi connectivity index (χ0) is 13.5. The van der Waals surface area contributed by atoms with Crippen molar-refractivity contribution in [1.82, 2.24) is 10.3 Å². The fourth-order valence-corrected chi connectivity index (χ4v) is 1.87. The summed E-state index contributed by atoms with van der Waals surface area (Å²) in [6.07, 6.45) is 2.60. The Kier molecular flexibility index (Phi) is 4.64. The summed E-state index contributed by atoms with van der Waals surface area (Å²) in [6, 6.07) is 12.9. The van der Waals surface area contributed by atoms with Gasteiger partial charge in [0.05, 0.1) is 5.56 Å². The first kappa shape index (κ1) is 13.2. The number of aromatic nitrogens is 1. The van der Waals surface area contributed by atoms with E-state index in [0.29, 0.717) is 12.1 Å². The number of hydrogen-bond donors (Lipinski definition) is 2. The number of pyridine rings is 1. The van der Waals surface area contributed by atoms with Gasteiger partial charge >= 0.3 is 5.97 Å². The molecule has 0 spiro atoms. The molecule has 4 nitrogen and oxygen atoms in total. The van der Waals surface area contributed by atoms with E-state index in [0.717, 1.165) is 24.2 Å². The van der Waals surface area contributed by atoms with Crippen LogP contribution >= 0.6 is 0 Å². The van der Waals surface area contributed by atoms with E-state index < -0.39 is 5.97 Å². The first-order valence-electron chi connectivity index (χ1n) is 6.19. The van der Waals surface area contributed by atoms with Crippen molar-refractivity contribution in [2.24, 2.45) is 0 Å². The Morgan fingerprint density at radius 1 is 1.16 bits per heavy atom. The fraction of sp³-hybridized carbons (Fsp3) is 0.200. The van der Waals surface area contributed by atoms with Crippen LogP contribution in [-0.4, -0.2) is 22.6 Å². The average Bonchev–Trinajstić information content (AvgIpc) is 2.45. The van der Waals surface area contributed by atoms with Crippen LogP contribution in [0.25, 0.3) is 0 Å². The van der Waals surface area contributed by atoms with Gasteiger partial charge in [-0.05, 0) is 23.8 Å². The third kappa shape index (κ3) is 3.89. The summed E-state index contributed by atoms with van der Waals surface area (Å²) in [5.74, 6) is -0.887. The van der Waals surface area contributed by atoms with Gasteiger partial charge in [-0.2, -0.15) is 0 Å². The van der Waals surface area contributed by atoms with Crippen LogP contribution in [0.2, 0.25) is 0 Å². The van der Waals surface area contributed by atoms with Crippen LogP contribution in [0.1, 0.15) is 21.6 Å². The maximum atomic E-state index is 11.0. The first-order chi connectivity index (χ1) is 9.27. The molecule has 19 heavy (non-hydrogen) atoms. The summed E-state index contributed by atoms with van der Waals surface area (Å²) in [7, 11) is 0. The molecule has 1 heterocycles. The van der Waals surface area contributed by atoms with Crippen LogP contribution in [0.4, 0.5) is 0 Å². The molecule has 0 bridgehead atoms. The monoisotopic (exact) mass is 256 g/mol. The van der Waals surface area contributed by atoms with E-state index in [1.165, 1.54) is 0 Å². The van der Waals surface area contributed by atoms with Gasteiger partial charge in [-0.1, -0.05) is 24.3 Å². The number of carboxylic acid groups (broad SMARTS) is 1. The van der Waals surface area contributed by atoms with Crippen molar-refractivity contribution in [3.63, 3.8) is 0 Å². The summed E-state index contributed by atoms with van der Waals surface area (Å²) in [4.78, 5) is 15.3. The van der Waals surface area contributed by atoms with Crippen molar-refractivity contribution >= 4 is 5.97 Å².